The van der Waals surface area contributed by atoms with Crippen LogP contribution in [0.5, 0.6) is 0 Å². The van der Waals surface area contributed by atoms with Crippen molar-refractivity contribution in [2.45, 2.75) is 39.4 Å². The molecule has 0 saturated carbocycles. The normalized spacial score (nSPS) is 13.5. The fourth-order valence-corrected chi connectivity index (χ4v) is 5.08. The first-order chi connectivity index (χ1) is 17.9. The lowest BCUT2D eigenvalue weighted by molar-refractivity contribution is 0.0736. The van der Waals surface area contributed by atoms with E-state index >= 15 is 0 Å². The standard InChI is InChI=1S/C30H36N6O/c1-21(2)36-29-27(18-32-36)26(30(37)35-14-12-23-9-5-6-10-25(23)20-35)17-28(33-29)24-11-7-8-22(16-24)19-34(4)15-13-31-3/h5-11,16-18,21,31H,12-15,19-20H2,1-4H3. The Morgan fingerprint density at radius 2 is 1.92 bits per heavy atom. The van der Waals surface area contributed by atoms with Gasteiger partial charge in [0.15, 0.2) is 5.65 Å². The molecule has 7 heteroatoms. The van der Waals surface area contributed by atoms with E-state index in [-0.39, 0.29) is 11.9 Å². The van der Waals surface area contributed by atoms with Crippen molar-refractivity contribution in [2.75, 3.05) is 33.7 Å². The molecule has 5 rings (SSSR count). The van der Waals surface area contributed by atoms with Gasteiger partial charge in [-0.3, -0.25) is 4.79 Å². The number of benzene rings is 2. The summed E-state index contributed by atoms with van der Waals surface area (Å²) in [6.07, 6.45) is 2.67. The van der Waals surface area contributed by atoms with Crippen LogP contribution in [0.15, 0.2) is 60.8 Å². The summed E-state index contributed by atoms with van der Waals surface area (Å²) in [5.74, 6) is 0.0365. The molecule has 1 amide bonds. The maximum atomic E-state index is 13.9. The van der Waals surface area contributed by atoms with E-state index in [1.165, 1.54) is 16.7 Å². The van der Waals surface area contributed by atoms with Crippen LogP contribution >= 0.6 is 0 Å². The van der Waals surface area contributed by atoms with Crippen molar-refractivity contribution in [1.29, 1.82) is 0 Å². The first-order valence-electron chi connectivity index (χ1n) is 13.1. The number of fused-ring (bicyclic) bond motifs is 2. The smallest absolute Gasteiger partial charge is 0.255 e. The van der Waals surface area contributed by atoms with Crippen LogP contribution in [0, 0.1) is 0 Å². The lowest BCUT2D eigenvalue weighted by atomic mass is 9.98. The van der Waals surface area contributed by atoms with Gasteiger partial charge in [-0.15, -0.1) is 0 Å². The number of nitrogens with zero attached hydrogens (tertiary/aromatic N) is 5. The average Bonchev–Trinajstić information content (AvgIpc) is 3.35. The summed E-state index contributed by atoms with van der Waals surface area (Å²) in [6, 6.07) is 19.0. The van der Waals surface area contributed by atoms with Gasteiger partial charge >= 0.3 is 0 Å². The number of likely N-dealkylation sites (N-methyl/N-ethyl adjacent to an activating group) is 2. The quantitative estimate of drug-likeness (QED) is 0.388. The molecule has 2 aromatic heterocycles. The highest BCUT2D eigenvalue weighted by Crippen LogP contribution is 2.29. The molecule has 192 valence electrons. The van der Waals surface area contributed by atoms with Crippen molar-refractivity contribution in [3.8, 4) is 11.3 Å². The Morgan fingerprint density at radius 1 is 1.11 bits per heavy atom. The van der Waals surface area contributed by atoms with Gasteiger partial charge in [0.1, 0.15) is 0 Å². The van der Waals surface area contributed by atoms with E-state index in [4.69, 9.17) is 4.98 Å². The Balaban J connectivity index is 1.53. The Morgan fingerprint density at radius 3 is 2.70 bits per heavy atom. The molecule has 0 unspecified atom stereocenters. The first kappa shape index (κ1) is 25.1. The monoisotopic (exact) mass is 496 g/mol. The van der Waals surface area contributed by atoms with Crippen LogP contribution in [-0.2, 0) is 19.5 Å². The van der Waals surface area contributed by atoms with Crippen LogP contribution in [0.4, 0.5) is 0 Å². The number of amides is 1. The van der Waals surface area contributed by atoms with E-state index in [9.17, 15) is 4.79 Å². The van der Waals surface area contributed by atoms with Gasteiger partial charge in [-0.1, -0.05) is 42.5 Å². The SMILES string of the molecule is CNCCN(C)Cc1cccc(-c2cc(C(=O)N3CCc4ccccc4C3)c3cnn(C(C)C)c3n2)c1. The summed E-state index contributed by atoms with van der Waals surface area (Å²) in [7, 11) is 4.10. The predicted molar refractivity (Wildman–Crippen MR) is 148 cm³/mol. The molecule has 1 N–H and O–H groups in total. The summed E-state index contributed by atoms with van der Waals surface area (Å²) < 4.78 is 1.91. The van der Waals surface area contributed by atoms with Crippen molar-refractivity contribution in [2.24, 2.45) is 0 Å². The fourth-order valence-electron chi connectivity index (χ4n) is 5.08. The second kappa shape index (κ2) is 10.8. The maximum absolute atomic E-state index is 13.9. The zero-order chi connectivity index (χ0) is 25.9. The molecule has 1 aliphatic heterocycles. The fraction of sp³-hybridized carbons (Fsp3) is 0.367. The number of pyridine rings is 1. The number of carbonyl (C=O) groups is 1. The summed E-state index contributed by atoms with van der Waals surface area (Å²) in [5.41, 5.74) is 7.01. The molecule has 0 radical (unpaired) electrons. The second-order valence-electron chi connectivity index (χ2n) is 10.3. The minimum Gasteiger partial charge on any atom is -0.334 e. The zero-order valence-corrected chi connectivity index (χ0v) is 22.2. The van der Waals surface area contributed by atoms with Crippen LogP contribution in [0.2, 0.25) is 0 Å². The van der Waals surface area contributed by atoms with Gasteiger partial charge in [0.05, 0.1) is 22.8 Å². The highest BCUT2D eigenvalue weighted by molar-refractivity contribution is 6.06. The van der Waals surface area contributed by atoms with Gasteiger partial charge in [-0.2, -0.15) is 5.10 Å². The maximum Gasteiger partial charge on any atom is 0.255 e. The average molecular weight is 497 g/mol. The van der Waals surface area contributed by atoms with E-state index in [2.05, 4.69) is 78.7 Å². The molecule has 3 heterocycles. The summed E-state index contributed by atoms with van der Waals surface area (Å²) >= 11 is 0. The van der Waals surface area contributed by atoms with E-state index in [0.29, 0.717) is 18.7 Å². The van der Waals surface area contributed by atoms with Gasteiger partial charge in [0.25, 0.3) is 5.91 Å². The molecule has 0 bridgehead atoms. The molecule has 0 aliphatic carbocycles. The van der Waals surface area contributed by atoms with Crippen molar-refractivity contribution < 1.29 is 4.79 Å². The van der Waals surface area contributed by atoms with Crippen molar-refractivity contribution in [3.63, 3.8) is 0 Å². The van der Waals surface area contributed by atoms with Crippen LogP contribution < -0.4 is 5.32 Å². The van der Waals surface area contributed by atoms with Gasteiger partial charge in [0, 0.05) is 44.3 Å². The van der Waals surface area contributed by atoms with E-state index in [1.807, 2.05) is 28.8 Å². The molecule has 1 aliphatic rings. The van der Waals surface area contributed by atoms with Crippen molar-refractivity contribution in [3.05, 3.63) is 83.0 Å². The molecule has 37 heavy (non-hydrogen) atoms. The number of hydrogen-bond donors (Lipinski definition) is 1. The van der Waals surface area contributed by atoms with Crippen molar-refractivity contribution in [1.82, 2.24) is 29.9 Å². The minimum atomic E-state index is 0.0365. The van der Waals surface area contributed by atoms with Crippen LogP contribution in [0.3, 0.4) is 0 Å². The number of rotatable bonds is 8. The topological polar surface area (TPSA) is 66.3 Å². The molecule has 4 aromatic rings. The third kappa shape index (κ3) is 5.29. The van der Waals surface area contributed by atoms with Crippen LogP contribution in [-0.4, -0.2) is 64.2 Å². The highest BCUT2D eigenvalue weighted by Gasteiger charge is 2.25. The van der Waals surface area contributed by atoms with E-state index < -0.39 is 0 Å². The Bertz CT molecular complexity index is 1410. The lowest BCUT2D eigenvalue weighted by Gasteiger charge is -2.29. The predicted octanol–water partition coefficient (Wildman–Crippen LogP) is 4.53. The number of aromatic nitrogens is 3. The lowest BCUT2D eigenvalue weighted by Crippen LogP contribution is -2.36. The van der Waals surface area contributed by atoms with E-state index in [1.54, 1.807) is 6.20 Å². The van der Waals surface area contributed by atoms with E-state index in [0.717, 1.165) is 48.3 Å². The highest BCUT2D eigenvalue weighted by atomic mass is 16.2. The molecular formula is C30H36N6O. The third-order valence-corrected chi connectivity index (χ3v) is 7.12. The first-order valence-corrected chi connectivity index (χ1v) is 13.1. The Kier molecular flexibility index (Phi) is 7.35. The molecule has 0 saturated heterocycles. The van der Waals surface area contributed by atoms with Gasteiger partial charge < -0.3 is 15.1 Å². The Hall–Kier alpha value is -3.55. The molecule has 2 aromatic carbocycles. The van der Waals surface area contributed by atoms with Gasteiger partial charge in [-0.05, 0) is 63.2 Å². The number of hydrogen-bond acceptors (Lipinski definition) is 5. The number of nitrogens with one attached hydrogen (secondary N) is 1. The largest absolute Gasteiger partial charge is 0.334 e. The summed E-state index contributed by atoms with van der Waals surface area (Å²) in [5, 5.41) is 8.62. The molecule has 0 atom stereocenters. The van der Waals surface area contributed by atoms with Crippen molar-refractivity contribution >= 4 is 16.9 Å². The van der Waals surface area contributed by atoms with Gasteiger partial charge in [-0.25, -0.2) is 9.67 Å². The third-order valence-electron chi connectivity index (χ3n) is 7.12. The molecule has 0 spiro atoms. The zero-order valence-electron chi connectivity index (χ0n) is 22.2. The number of carbonyl (C=O) groups excluding carboxylic acids is 1. The molecule has 7 nitrogen and oxygen atoms in total. The summed E-state index contributed by atoms with van der Waals surface area (Å²) in [6.45, 7) is 8.27. The van der Waals surface area contributed by atoms with Gasteiger partial charge in [0.2, 0.25) is 0 Å². The Labute approximate surface area is 219 Å². The molecule has 0 fully saturated rings. The van der Waals surface area contributed by atoms with Crippen LogP contribution in [0.25, 0.3) is 22.3 Å². The second-order valence-corrected chi connectivity index (χ2v) is 10.3. The summed E-state index contributed by atoms with van der Waals surface area (Å²) in [4.78, 5) is 23.2. The minimum absolute atomic E-state index is 0.0365. The molecular weight excluding hydrogens is 460 g/mol. The van der Waals surface area contributed by atoms with Crippen LogP contribution in [0.1, 0.15) is 46.9 Å².